The van der Waals surface area contributed by atoms with Gasteiger partial charge in [0.2, 0.25) is 0 Å². The van der Waals surface area contributed by atoms with Crippen LogP contribution in [0.3, 0.4) is 0 Å². The van der Waals surface area contributed by atoms with Gasteiger partial charge in [0.25, 0.3) is 11.8 Å². The molecule has 0 bridgehead atoms. The van der Waals surface area contributed by atoms with Crippen molar-refractivity contribution in [2.75, 3.05) is 10.6 Å². The van der Waals surface area contributed by atoms with Crippen LogP contribution in [0.25, 0.3) is 0 Å². The van der Waals surface area contributed by atoms with Crippen LogP contribution in [0.15, 0.2) is 72.8 Å². The van der Waals surface area contributed by atoms with E-state index < -0.39 is 12.5 Å². The van der Waals surface area contributed by atoms with Crippen molar-refractivity contribution in [2.45, 2.75) is 13.5 Å². The zero-order valence-electron chi connectivity index (χ0n) is 15.5. The Balaban J connectivity index is 1.78. The third kappa shape index (κ3) is 5.38. The Morgan fingerprint density at radius 2 is 1.62 bits per heavy atom. The fourth-order valence-corrected chi connectivity index (χ4v) is 2.72. The number of alkyl halides is 2. The van der Waals surface area contributed by atoms with Crippen LogP contribution in [-0.2, 0) is 0 Å². The highest BCUT2D eigenvalue weighted by Crippen LogP contribution is 2.21. The Bertz CT molecular complexity index is 1040. The number of para-hydroxylation sites is 1. The molecule has 0 spiro atoms. The van der Waals surface area contributed by atoms with E-state index in [1.54, 1.807) is 30.3 Å². The Morgan fingerprint density at radius 1 is 0.862 bits per heavy atom. The lowest BCUT2D eigenvalue weighted by Gasteiger charge is -2.12. The van der Waals surface area contributed by atoms with Gasteiger partial charge in [0.15, 0.2) is 0 Å². The Labute approximate surface area is 166 Å². The molecule has 3 aromatic rings. The fourth-order valence-electron chi connectivity index (χ4n) is 2.72. The van der Waals surface area contributed by atoms with Gasteiger partial charge in [-0.15, -0.1) is 0 Å². The molecular weight excluding hydrogens is 378 g/mol. The molecule has 29 heavy (non-hydrogen) atoms. The fraction of sp³-hybridized carbons (Fsp3) is 0.0909. The highest BCUT2D eigenvalue weighted by atomic mass is 19.3. The molecule has 0 aromatic heterocycles. The largest absolute Gasteiger partial charge is 0.435 e. The molecule has 2 amide bonds. The summed E-state index contributed by atoms with van der Waals surface area (Å²) in [7, 11) is 0. The summed E-state index contributed by atoms with van der Waals surface area (Å²) in [6.07, 6.45) is 0. The molecule has 0 fully saturated rings. The Morgan fingerprint density at radius 3 is 2.38 bits per heavy atom. The summed E-state index contributed by atoms with van der Waals surface area (Å²) >= 11 is 0. The normalized spacial score (nSPS) is 10.5. The molecule has 3 rings (SSSR count). The van der Waals surface area contributed by atoms with Gasteiger partial charge < -0.3 is 15.4 Å². The van der Waals surface area contributed by atoms with Crippen LogP contribution in [-0.4, -0.2) is 18.4 Å². The third-order valence-electron chi connectivity index (χ3n) is 4.02. The lowest BCUT2D eigenvalue weighted by molar-refractivity contribution is -0.0498. The number of hydrogen-bond donors (Lipinski definition) is 2. The van der Waals surface area contributed by atoms with E-state index in [4.69, 9.17) is 0 Å². The summed E-state index contributed by atoms with van der Waals surface area (Å²) in [6, 6.07) is 19.3. The molecule has 2 N–H and O–H groups in total. The zero-order chi connectivity index (χ0) is 20.8. The maximum Gasteiger partial charge on any atom is 0.387 e. The minimum Gasteiger partial charge on any atom is -0.435 e. The molecule has 0 aliphatic rings. The van der Waals surface area contributed by atoms with E-state index in [9.17, 15) is 18.4 Å². The average molecular weight is 396 g/mol. The minimum absolute atomic E-state index is 0.122. The lowest BCUT2D eigenvalue weighted by Crippen LogP contribution is -2.18. The first-order chi connectivity index (χ1) is 13.9. The van der Waals surface area contributed by atoms with E-state index in [0.29, 0.717) is 11.4 Å². The van der Waals surface area contributed by atoms with E-state index in [1.165, 1.54) is 24.3 Å². The molecule has 148 valence electrons. The summed E-state index contributed by atoms with van der Waals surface area (Å²) in [5.74, 6) is -1.07. The van der Waals surface area contributed by atoms with Gasteiger partial charge in [-0.3, -0.25) is 9.59 Å². The number of hydrogen-bond acceptors (Lipinski definition) is 3. The van der Waals surface area contributed by atoms with Crippen molar-refractivity contribution in [3.8, 4) is 5.75 Å². The minimum atomic E-state index is -2.99. The van der Waals surface area contributed by atoms with E-state index in [2.05, 4.69) is 15.4 Å². The number of ether oxygens (including phenoxy) is 1. The first kappa shape index (κ1) is 20.0. The smallest absolute Gasteiger partial charge is 0.387 e. The van der Waals surface area contributed by atoms with Crippen molar-refractivity contribution in [2.24, 2.45) is 0 Å². The monoisotopic (exact) mass is 396 g/mol. The molecule has 0 aliphatic carbocycles. The van der Waals surface area contributed by atoms with Crippen molar-refractivity contribution in [1.29, 1.82) is 0 Å². The quantitative estimate of drug-likeness (QED) is 0.609. The number of rotatable bonds is 6. The SMILES string of the molecule is Cc1cccc(NC(=O)c2ccccc2NC(=O)c2cccc(OC(F)F)c2)c1. The van der Waals surface area contributed by atoms with E-state index in [1.807, 2.05) is 25.1 Å². The molecule has 7 heteroatoms. The topological polar surface area (TPSA) is 67.4 Å². The van der Waals surface area contributed by atoms with Crippen LogP contribution >= 0.6 is 0 Å². The maximum absolute atomic E-state index is 12.7. The molecule has 0 aliphatic heterocycles. The summed E-state index contributed by atoms with van der Waals surface area (Å²) in [4.78, 5) is 25.2. The van der Waals surface area contributed by atoms with Crippen LogP contribution < -0.4 is 15.4 Å². The molecule has 3 aromatic carbocycles. The van der Waals surface area contributed by atoms with E-state index >= 15 is 0 Å². The molecule has 5 nitrogen and oxygen atoms in total. The van der Waals surface area contributed by atoms with Crippen LogP contribution in [0.2, 0.25) is 0 Å². The van der Waals surface area contributed by atoms with Crippen molar-refractivity contribution in [1.82, 2.24) is 0 Å². The lowest BCUT2D eigenvalue weighted by atomic mass is 10.1. The van der Waals surface area contributed by atoms with E-state index in [0.717, 1.165) is 5.56 Å². The number of anilines is 2. The summed E-state index contributed by atoms with van der Waals surface area (Å²) < 4.78 is 29.1. The maximum atomic E-state index is 12.7. The van der Waals surface area contributed by atoms with Crippen LogP contribution in [0.1, 0.15) is 26.3 Å². The van der Waals surface area contributed by atoms with Gasteiger partial charge in [0.05, 0.1) is 11.3 Å². The third-order valence-corrected chi connectivity index (χ3v) is 4.02. The predicted molar refractivity (Wildman–Crippen MR) is 107 cm³/mol. The molecule has 0 saturated carbocycles. The first-order valence-corrected chi connectivity index (χ1v) is 8.75. The number of carbonyl (C=O) groups excluding carboxylic acids is 2. The number of benzene rings is 3. The highest BCUT2D eigenvalue weighted by Gasteiger charge is 2.15. The molecular formula is C22H18F2N2O3. The first-order valence-electron chi connectivity index (χ1n) is 8.75. The van der Waals surface area contributed by atoms with Gasteiger partial charge in [-0.2, -0.15) is 8.78 Å². The van der Waals surface area contributed by atoms with E-state index in [-0.39, 0.29) is 22.8 Å². The standard InChI is InChI=1S/C22H18F2N2O3/c1-14-6-4-8-16(12-14)25-21(28)18-10-2-3-11-19(18)26-20(27)15-7-5-9-17(13-15)29-22(23)24/h2-13,22H,1H3,(H,25,28)(H,26,27). The van der Waals surface area contributed by atoms with Crippen molar-refractivity contribution in [3.63, 3.8) is 0 Å². The molecule has 0 saturated heterocycles. The molecule has 0 radical (unpaired) electrons. The summed E-state index contributed by atoms with van der Waals surface area (Å²) in [6.45, 7) is -1.07. The summed E-state index contributed by atoms with van der Waals surface area (Å²) in [5, 5.41) is 5.43. The Kier molecular flexibility index (Phi) is 6.19. The number of nitrogens with one attached hydrogen (secondary N) is 2. The average Bonchev–Trinajstić information content (AvgIpc) is 2.68. The second-order valence-electron chi connectivity index (χ2n) is 6.23. The predicted octanol–water partition coefficient (Wildman–Crippen LogP) is 5.10. The number of halogens is 2. The number of carbonyl (C=O) groups is 2. The summed E-state index contributed by atoms with van der Waals surface area (Å²) in [5.41, 5.74) is 2.31. The van der Waals surface area contributed by atoms with Crippen LogP contribution in [0.4, 0.5) is 20.2 Å². The molecule has 0 unspecified atom stereocenters. The number of amides is 2. The van der Waals surface area contributed by atoms with Gasteiger partial charge in [0.1, 0.15) is 5.75 Å². The Hall–Kier alpha value is -3.74. The molecule has 0 atom stereocenters. The number of aryl methyl sites for hydroxylation is 1. The van der Waals surface area contributed by atoms with Gasteiger partial charge in [-0.25, -0.2) is 0 Å². The highest BCUT2D eigenvalue weighted by molar-refractivity contribution is 6.12. The molecule has 0 heterocycles. The van der Waals surface area contributed by atoms with Crippen LogP contribution in [0, 0.1) is 6.92 Å². The van der Waals surface area contributed by atoms with Crippen molar-refractivity contribution >= 4 is 23.2 Å². The second-order valence-corrected chi connectivity index (χ2v) is 6.23. The van der Waals surface area contributed by atoms with Gasteiger partial charge in [0, 0.05) is 11.3 Å². The van der Waals surface area contributed by atoms with Gasteiger partial charge in [-0.05, 0) is 55.0 Å². The van der Waals surface area contributed by atoms with Crippen molar-refractivity contribution in [3.05, 3.63) is 89.5 Å². The second kappa shape index (κ2) is 8.97. The zero-order valence-corrected chi connectivity index (χ0v) is 15.5. The van der Waals surface area contributed by atoms with Gasteiger partial charge >= 0.3 is 6.61 Å². The van der Waals surface area contributed by atoms with Gasteiger partial charge in [-0.1, -0.05) is 30.3 Å². The van der Waals surface area contributed by atoms with Crippen molar-refractivity contribution < 1.29 is 23.1 Å². The van der Waals surface area contributed by atoms with Crippen LogP contribution in [0.5, 0.6) is 5.75 Å².